The van der Waals surface area contributed by atoms with E-state index in [1.54, 1.807) is 0 Å². The van der Waals surface area contributed by atoms with Gasteiger partial charge in [-0.25, -0.2) is 4.98 Å². The van der Waals surface area contributed by atoms with Gasteiger partial charge in [0.1, 0.15) is 11.6 Å². The van der Waals surface area contributed by atoms with Crippen LogP contribution in [0.2, 0.25) is 0 Å². The number of aromatic amines is 1. The third-order valence-corrected chi connectivity index (χ3v) is 4.27. The molecule has 1 aromatic heterocycles. The van der Waals surface area contributed by atoms with Crippen molar-refractivity contribution in [3.05, 3.63) is 59.9 Å². The molecule has 0 radical (unpaired) electrons. The number of hydrogen-bond acceptors (Lipinski definition) is 3. The Morgan fingerprint density at radius 1 is 1.15 bits per heavy atom. The first-order chi connectivity index (χ1) is 12.6. The number of rotatable bonds is 8. The highest BCUT2D eigenvalue weighted by atomic mass is 16.5. The maximum absolute atomic E-state index is 11.9. The second-order valence-corrected chi connectivity index (χ2v) is 6.67. The van der Waals surface area contributed by atoms with Crippen molar-refractivity contribution >= 4 is 16.9 Å². The van der Waals surface area contributed by atoms with Gasteiger partial charge < -0.3 is 15.0 Å². The fourth-order valence-corrected chi connectivity index (χ4v) is 2.76. The molecule has 0 saturated heterocycles. The number of aromatic nitrogens is 2. The molecule has 3 rings (SSSR count). The van der Waals surface area contributed by atoms with Crippen LogP contribution in [0.25, 0.3) is 11.0 Å². The van der Waals surface area contributed by atoms with E-state index < -0.39 is 0 Å². The van der Waals surface area contributed by atoms with Crippen LogP contribution in [0.5, 0.6) is 5.75 Å². The lowest BCUT2D eigenvalue weighted by atomic mass is 10.0. The summed E-state index contributed by atoms with van der Waals surface area (Å²) < 4.78 is 5.53. The summed E-state index contributed by atoms with van der Waals surface area (Å²) in [6.07, 6.45) is 1.63. The first-order valence-electron chi connectivity index (χ1n) is 9.05. The van der Waals surface area contributed by atoms with Crippen LogP contribution >= 0.6 is 0 Å². The topological polar surface area (TPSA) is 67.0 Å². The SMILES string of the molecule is CC(C)c1ccc(OCC(=O)NCCCc2nc3ccccc3[nH]2)cc1. The summed E-state index contributed by atoms with van der Waals surface area (Å²) in [5.41, 5.74) is 3.28. The van der Waals surface area contributed by atoms with Gasteiger partial charge in [-0.3, -0.25) is 4.79 Å². The first kappa shape index (κ1) is 18.0. The predicted molar refractivity (Wildman–Crippen MR) is 103 cm³/mol. The van der Waals surface area contributed by atoms with Gasteiger partial charge in [0.2, 0.25) is 0 Å². The number of fused-ring (bicyclic) bond motifs is 1. The maximum atomic E-state index is 11.9. The highest BCUT2D eigenvalue weighted by molar-refractivity contribution is 5.77. The zero-order valence-corrected chi connectivity index (χ0v) is 15.3. The van der Waals surface area contributed by atoms with Crippen molar-refractivity contribution in [3.8, 4) is 5.75 Å². The van der Waals surface area contributed by atoms with Gasteiger partial charge in [-0.2, -0.15) is 0 Å². The molecule has 0 aliphatic rings. The van der Waals surface area contributed by atoms with E-state index in [0.717, 1.165) is 29.7 Å². The zero-order chi connectivity index (χ0) is 18.4. The first-order valence-corrected chi connectivity index (χ1v) is 9.05. The van der Waals surface area contributed by atoms with Gasteiger partial charge >= 0.3 is 0 Å². The Bertz CT molecular complexity index is 820. The lowest BCUT2D eigenvalue weighted by Crippen LogP contribution is -2.29. The van der Waals surface area contributed by atoms with E-state index in [9.17, 15) is 4.79 Å². The van der Waals surface area contributed by atoms with Gasteiger partial charge in [-0.1, -0.05) is 38.1 Å². The molecule has 136 valence electrons. The largest absolute Gasteiger partial charge is 0.484 e. The minimum atomic E-state index is -0.109. The molecule has 0 aliphatic heterocycles. The lowest BCUT2D eigenvalue weighted by molar-refractivity contribution is -0.123. The Hall–Kier alpha value is -2.82. The number of amides is 1. The van der Waals surface area contributed by atoms with Crippen LogP contribution in [0, 0.1) is 0 Å². The van der Waals surface area contributed by atoms with Gasteiger partial charge in [-0.05, 0) is 42.2 Å². The van der Waals surface area contributed by atoms with Crippen LogP contribution in [0.15, 0.2) is 48.5 Å². The highest BCUT2D eigenvalue weighted by Gasteiger charge is 2.05. The molecule has 2 N–H and O–H groups in total. The molecular formula is C21H25N3O2. The fourth-order valence-electron chi connectivity index (χ4n) is 2.76. The summed E-state index contributed by atoms with van der Waals surface area (Å²) >= 11 is 0. The number of ether oxygens (including phenoxy) is 1. The smallest absolute Gasteiger partial charge is 0.257 e. The number of aryl methyl sites for hydroxylation is 1. The highest BCUT2D eigenvalue weighted by Crippen LogP contribution is 2.18. The van der Waals surface area contributed by atoms with E-state index in [0.29, 0.717) is 18.2 Å². The maximum Gasteiger partial charge on any atom is 0.257 e. The van der Waals surface area contributed by atoms with Gasteiger partial charge in [0.25, 0.3) is 5.91 Å². The van der Waals surface area contributed by atoms with Crippen molar-refractivity contribution < 1.29 is 9.53 Å². The summed E-state index contributed by atoms with van der Waals surface area (Å²) in [4.78, 5) is 19.7. The molecule has 1 amide bonds. The molecule has 2 aromatic carbocycles. The van der Waals surface area contributed by atoms with Crippen molar-refractivity contribution in [1.82, 2.24) is 15.3 Å². The number of carbonyl (C=O) groups is 1. The number of hydrogen-bond donors (Lipinski definition) is 2. The molecule has 0 spiro atoms. The molecule has 26 heavy (non-hydrogen) atoms. The number of benzene rings is 2. The van der Waals surface area contributed by atoms with Crippen LogP contribution in [-0.4, -0.2) is 29.0 Å². The fraction of sp³-hybridized carbons (Fsp3) is 0.333. The Kier molecular flexibility index (Phi) is 5.89. The lowest BCUT2D eigenvalue weighted by Gasteiger charge is -2.09. The van der Waals surface area contributed by atoms with Crippen LogP contribution in [0.3, 0.4) is 0 Å². The molecule has 0 unspecified atom stereocenters. The molecular weight excluding hydrogens is 326 g/mol. The number of para-hydroxylation sites is 2. The van der Waals surface area contributed by atoms with Gasteiger partial charge in [0.05, 0.1) is 11.0 Å². The summed E-state index contributed by atoms with van der Waals surface area (Å²) in [5, 5.41) is 2.88. The number of H-pyrrole nitrogens is 1. The quantitative estimate of drug-likeness (QED) is 0.606. The standard InChI is InChI=1S/C21H25N3O2/c1-15(2)16-9-11-17(12-10-16)26-14-21(25)22-13-5-8-20-23-18-6-3-4-7-19(18)24-20/h3-4,6-7,9-12,15H,5,8,13-14H2,1-2H3,(H,22,25)(H,23,24). The van der Waals surface area contributed by atoms with E-state index in [1.165, 1.54) is 5.56 Å². The van der Waals surface area contributed by atoms with Crippen LogP contribution in [0.4, 0.5) is 0 Å². The van der Waals surface area contributed by atoms with E-state index in [-0.39, 0.29) is 12.5 Å². The molecule has 3 aromatic rings. The van der Waals surface area contributed by atoms with Crippen molar-refractivity contribution in [2.24, 2.45) is 0 Å². The minimum absolute atomic E-state index is 0.0334. The van der Waals surface area contributed by atoms with Crippen molar-refractivity contribution in [1.29, 1.82) is 0 Å². The Labute approximate surface area is 153 Å². The van der Waals surface area contributed by atoms with Crippen molar-refractivity contribution in [2.75, 3.05) is 13.2 Å². The van der Waals surface area contributed by atoms with E-state index >= 15 is 0 Å². The van der Waals surface area contributed by atoms with Crippen LogP contribution in [0.1, 0.15) is 37.6 Å². The molecule has 0 atom stereocenters. The molecule has 5 nitrogen and oxygen atoms in total. The third kappa shape index (κ3) is 4.85. The van der Waals surface area contributed by atoms with E-state index in [2.05, 4.69) is 29.1 Å². The number of nitrogens with zero attached hydrogens (tertiary/aromatic N) is 1. The molecule has 1 heterocycles. The molecule has 0 bridgehead atoms. The summed E-state index contributed by atoms with van der Waals surface area (Å²) in [5.74, 6) is 2.04. The number of imidazole rings is 1. The Balaban J connectivity index is 1.36. The zero-order valence-electron chi connectivity index (χ0n) is 15.3. The van der Waals surface area contributed by atoms with Crippen molar-refractivity contribution in [2.45, 2.75) is 32.6 Å². The summed E-state index contributed by atoms with van der Waals surface area (Å²) in [6.45, 7) is 4.93. The summed E-state index contributed by atoms with van der Waals surface area (Å²) in [7, 11) is 0. The average molecular weight is 351 g/mol. The van der Waals surface area contributed by atoms with Gasteiger partial charge in [0.15, 0.2) is 6.61 Å². The molecule has 0 saturated carbocycles. The Morgan fingerprint density at radius 3 is 2.65 bits per heavy atom. The monoisotopic (exact) mass is 351 g/mol. The average Bonchev–Trinajstić information content (AvgIpc) is 3.06. The minimum Gasteiger partial charge on any atom is -0.484 e. The van der Waals surface area contributed by atoms with Gasteiger partial charge in [-0.15, -0.1) is 0 Å². The molecule has 0 fully saturated rings. The second kappa shape index (κ2) is 8.52. The Morgan fingerprint density at radius 2 is 1.92 bits per heavy atom. The van der Waals surface area contributed by atoms with E-state index in [4.69, 9.17) is 4.74 Å². The van der Waals surface area contributed by atoms with Crippen LogP contribution < -0.4 is 10.1 Å². The van der Waals surface area contributed by atoms with Crippen LogP contribution in [-0.2, 0) is 11.2 Å². The normalized spacial score (nSPS) is 11.0. The molecule has 0 aliphatic carbocycles. The van der Waals surface area contributed by atoms with Gasteiger partial charge in [0, 0.05) is 13.0 Å². The molecule has 5 heteroatoms. The third-order valence-electron chi connectivity index (χ3n) is 4.27. The van der Waals surface area contributed by atoms with Crippen molar-refractivity contribution in [3.63, 3.8) is 0 Å². The number of carbonyl (C=O) groups excluding carboxylic acids is 1. The predicted octanol–water partition coefficient (Wildman–Crippen LogP) is 3.81. The second-order valence-electron chi connectivity index (χ2n) is 6.67. The van der Waals surface area contributed by atoms with E-state index in [1.807, 2.05) is 48.5 Å². The summed E-state index contributed by atoms with van der Waals surface area (Å²) in [6, 6.07) is 15.8. The number of nitrogens with one attached hydrogen (secondary N) is 2.